The van der Waals surface area contributed by atoms with Crippen molar-refractivity contribution < 1.29 is 15.3 Å². The molecule has 0 fully saturated rings. The van der Waals surface area contributed by atoms with Gasteiger partial charge in [0.2, 0.25) is 0 Å². The van der Waals surface area contributed by atoms with E-state index in [1.807, 2.05) is 0 Å². The molecule has 12 rings (SSSR count). The van der Waals surface area contributed by atoms with E-state index in [0.29, 0.717) is 19.6 Å². The molecule has 12 aromatic carbocycles. The monoisotopic (exact) mass is 1120 g/mol. The Bertz CT molecular complexity index is 2830. The first-order valence-corrected chi connectivity index (χ1v) is 29.8. The van der Waals surface area contributed by atoms with E-state index in [1.54, 1.807) is 4.90 Å². The van der Waals surface area contributed by atoms with Gasteiger partial charge in [-0.25, -0.2) is 0 Å². The number of benzene rings is 12. The molecule has 0 aliphatic rings. The first-order chi connectivity index (χ1) is 42.1. The summed E-state index contributed by atoms with van der Waals surface area (Å²) in [5.74, 6) is 0. The second kappa shape index (κ2) is 32.7. The Labute approximate surface area is 513 Å². The topological polar surface area (TPSA) is 63.9 Å². The van der Waals surface area contributed by atoms with Gasteiger partial charge in [-0.05, 0) is 0 Å². The van der Waals surface area contributed by atoms with E-state index < -0.39 is 18.4 Å². The molecule has 0 heterocycles. The van der Waals surface area contributed by atoms with Crippen molar-refractivity contribution in [2.75, 3.05) is 39.5 Å². The molecule has 12 aromatic rings. The van der Waals surface area contributed by atoms with Crippen molar-refractivity contribution in [2.45, 2.75) is 0 Å². The van der Waals surface area contributed by atoms with Gasteiger partial charge in [-0.1, -0.05) is 364 Å². The number of aliphatic hydroxyl groups excluding tert-OH is 3. The van der Waals surface area contributed by atoms with E-state index in [4.69, 9.17) is 15.3 Å². The smallest absolute Gasteiger partial charge is 0.395 e. The fourth-order valence-electron chi connectivity index (χ4n) is 13.1. The van der Waals surface area contributed by atoms with Crippen molar-refractivity contribution >= 4 is 92.4 Å². The van der Waals surface area contributed by atoms with Gasteiger partial charge in [0.1, 0.15) is 18.4 Å². The minimum atomic E-state index is -1.22. The Kier molecular flexibility index (Phi) is 23.9. The van der Waals surface area contributed by atoms with Crippen LogP contribution in [0.25, 0.3) is 0 Å². The summed E-state index contributed by atoms with van der Waals surface area (Å²) in [7, 11) is 0. The SMILES string of the molecule is OCCN(CCO)CCO.[B+3].c1ccc([B-](c2ccccc2)(c2ccccc2)c2ccccc2)cc1.c1ccc([B-](c2ccccc2)(c2ccccc2)c2ccccc2)cc1.c1ccc([B-](c2ccccc2)(c2ccccc2)c2ccccc2)cc1. The van der Waals surface area contributed by atoms with E-state index in [9.17, 15) is 0 Å². The zero-order chi connectivity index (χ0) is 58.7. The van der Waals surface area contributed by atoms with Gasteiger partial charge < -0.3 is 15.3 Å². The standard InChI is InChI=1S/3C24H20B.C6H15NO3.B/c3*1-5-13-21(14-6-1)25(22-15-7-2-8-16-22,23-17-9-3-10-18-23)24-19-11-4-12-20-24;8-4-1-7(2-5-9)3-6-10;/h3*1-20H;8-10H,1-6H2;/q3*-1;;+3. The van der Waals surface area contributed by atoms with Crippen LogP contribution in [-0.2, 0) is 0 Å². The van der Waals surface area contributed by atoms with E-state index in [2.05, 4.69) is 364 Å². The molecule has 0 aromatic heterocycles. The quantitative estimate of drug-likeness (QED) is 0.0806. The Hall–Kier alpha value is -9.26. The summed E-state index contributed by atoms with van der Waals surface area (Å²) < 4.78 is 0. The molecule has 0 atom stereocenters. The summed E-state index contributed by atoms with van der Waals surface area (Å²) in [5, 5.41) is 25.5. The Morgan fingerprint density at radius 3 is 0.349 bits per heavy atom. The van der Waals surface area contributed by atoms with Crippen molar-refractivity contribution in [3.63, 3.8) is 0 Å². The summed E-state index contributed by atoms with van der Waals surface area (Å²) in [5.41, 5.74) is 16.1. The van der Waals surface area contributed by atoms with Gasteiger partial charge in [0.05, 0.1) is 19.8 Å². The third-order valence-corrected chi connectivity index (χ3v) is 16.8. The van der Waals surface area contributed by atoms with E-state index >= 15 is 0 Å². The van der Waals surface area contributed by atoms with Gasteiger partial charge in [0.25, 0.3) is 0 Å². The largest absolute Gasteiger partial charge is 3.00 e. The van der Waals surface area contributed by atoms with E-state index in [0.717, 1.165) is 0 Å². The third-order valence-electron chi connectivity index (χ3n) is 16.8. The second-order valence-corrected chi connectivity index (χ2v) is 21.5. The predicted octanol–water partition coefficient (Wildman–Crippen LogP) is 7.08. The van der Waals surface area contributed by atoms with Crippen LogP contribution in [0.15, 0.2) is 364 Å². The molecule has 0 amide bonds. The van der Waals surface area contributed by atoms with Crippen LogP contribution in [0.1, 0.15) is 0 Å². The minimum absolute atomic E-state index is 0. The van der Waals surface area contributed by atoms with Crippen LogP contribution in [0.2, 0.25) is 0 Å². The maximum absolute atomic E-state index is 8.48. The van der Waals surface area contributed by atoms with Crippen molar-refractivity contribution in [3.05, 3.63) is 364 Å². The van der Waals surface area contributed by atoms with Gasteiger partial charge in [-0.2, -0.15) is 65.6 Å². The van der Waals surface area contributed by atoms with Crippen LogP contribution in [0.4, 0.5) is 0 Å². The number of hydrogen-bond donors (Lipinski definition) is 3. The molecule has 422 valence electrons. The van der Waals surface area contributed by atoms with Crippen LogP contribution in [0, 0.1) is 0 Å². The first-order valence-electron chi connectivity index (χ1n) is 29.8. The van der Waals surface area contributed by atoms with Crippen LogP contribution in [0.5, 0.6) is 0 Å². The minimum Gasteiger partial charge on any atom is -0.395 e. The van der Waals surface area contributed by atoms with E-state index in [-0.39, 0.29) is 28.2 Å². The maximum Gasteiger partial charge on any atom is 3.00 e. The van der Waals surface area contributed by atoms with Gasteiger partial charge in [0.15, 0.2) is 0 Å². The molecule has 0 spiro atoms. The molecular formula is C78H75B4NO3. The first kappa shape index (κ1) is 62.8. The summed E-state index contributed by atoms with van der Waals surface area (Å²) in [6, 6.07) is 131. The Morgan fingerprint density at radius 2 is 0.267 bits per heavy atom. The summed E-state index contributed by atoms with van der Waals surface area (Å²) >= 11 is 0. The van der Waals surface area contributed by atoms with Crippen molar-refractivity contribution in [1.82, 2.24) is 4.90 Å². The zero-order valence-corrected chi connectivity index (χ0v) is 49.0. The summed E-state index contributed by atoms with van der Waals surface area (Å²) in [4.78, 5) is 1.79. The van der Waals surface area contributed by atoms with Crippen LogP contribution >= 0.6 is 0 Å². The second-order valence-electron chi connectivity index (χ2n) is 21.5. The molecule has 0 aliphatic carbocycles. The molecule has 0 unspecified atom stereocenters. The third kappa shape index (κ3) is 14.4. The zero-order valence-electron chi connectivity index (χ0n) is 49.0. The van der Waals surface area contributed by atoms with Gasteiger partial charge >= 0.3 is 8.41 Å². The molecular weight excluding hydrogens is 1040 g/mol. The molecule has 0 saturated carbocycles. The molecule has 0 bridgehead atoms. The average molecular weight is 1120 g/mol. The Morgan fingerprint density at radius 1 is 0.174 bits per heavy atom. The molecule has 0 saturated heterocycles. The number of nitrogens with zero attached hydrogens (tertiary/aromatic N) is 1. The fraction of sp³-hybridized carbons (Fsp3) is 0.0769. The van der Waals surface area contributed by atoms with Crippen molar-refractivity contribution in [3.8, 4) is 0 Å². The maximum atomic E-state index is 8.48. The van der Waals surface area contributed by atoms with Crippen LogP contribution in [-0.4, -0.2) is 86.5 Å². The molecule has 86 heavy (non-hydrogen) atoms. The molecule has 4 nitrogen and oxygen atoms in total. The van der Waals surface area contributed by atoms with Gasteiger partial charge in [0, 0.05) is 19.6 Å². The Balaban J connectivity index is 0.000000155. The van der Waals surface area contributed by atoms with E-state index in [1.165, 1.54) is 65.6 Å². The van der Waals surface area contributed by atoms with Crippen LogP contribution in [0.3, 0.4) is 0 Å². The van der Waals surface area contributed by atoms with Crippen LogP contribution < -0.4 is 65.6 Å². The molecule has 0 radical (unpaired) electrons. The molecule has 3 N–H and O–H groups in total. The molecule has 0 aliphatic heterocycles. The van der Waals surface area contributed by atoms with Crippen molar-refractivity contribution in [1.29, 1.82) is 0 Å². The predicted molar refractivity (Wildman–Crippen MR) is 374 cm³/mol. The molecule has 8 heteroatoms. The summed E-state index contributed by atoms with van der Waals surface area (Å²) in [6.45, 7) is 1.75. The number of hydrogen-bond acceptors (Lipinski definition) is 4. The number of aliphatic hydroxyl groups is 3. The number of rotatable bonds is 18. The fourth-order valence-corrected chi connectivity index (χ4v) is 13.1. The normalized spacial score (nSPS) is 11.0. The van der Waals surface area contributed by atoms with Crippen molar-refractivity contribution in [2.24, 2.45) is 0 Å². The summed E-state index contributed by atoms with van der Waals surface area (Å²) in [6.07, 6.45) is -3.65. The van der Waals surface area contributed by atoms with Gasteiger partial charge in [-0.3, -0.25) is 4.90 Å². The van der Waals surface area contributed by atoms with Gasteiger partial charge in [-0.15, -0.1) is 0 Å². The average Bonchev–Trinajstić information content (AvgIpc) is 1.49.